The number of ether oxygens (including phenoxy) is 1. The van der Waals surface area contributed by atoms with Gasteiger partial charge in [0.05, 0.1) is 0 Å². The predicted molar refractivity (Wildman–Crippen MR) is 102 cm³/mol. The van der Waals surface area contributed by atoms with E-state index in [-0.39, 0.29) is 0 Å². The third-order valence-electron chi connectivity index (χ3n) is 3.87. The number of hydrogen-bond donors (Lipinski definition) is 1. The number of carboxylic acid groups (broad SMARTS) is 1. The van der Waals surface area contributed by atoms with Crippen LogP contribution < -0.4 is 4.74 Å². The minimum atomic E-state index is -0.972. The van der Waals surface area contributed by atoms with Gasteiger partial charge in [-0.2, -0.15) is 0 Å². The fourth-order valence-electron chi connectivity index (χ4n) is 2.50. The van der Waals surface area contributed by atoms with Crippen molar-refractivity contribution in [1.82, 2.24) is 0 Å². The average molecular weight is 336 g/mol. The standard InChI is InChI=1S/C22H24O3/c1-16(2)9-13-20-17(3)10-11-19(12-14-21(23)24)22(20)25-15-18-7-5-4-6-8-18/h4-12,14H,13,15H2,1-3H3,(H,23,24)/b14-12-. The highest BCUT2D eigenvalue weighted by Crippen LogP contribution is 2.30. The number of aryl methyl sites for hydroxylation is 1. The zero-order valence-corrected chi connectivity index (χ0v) is 15.0. The molecule has 1 N–H and O–H groups in total. The Kier molecular flexibility index (Phi) is 6.58. The molecule has 0 amide bonds. The van der Waals surface area contributed by atoms with Crippen LogP contribution in [0.3, 0.4) is 0 Å². The van der Waals surface area contributed by atoms with Gasteiger partial charge in [0.25, 0.3) is 0 Å². The summed E-state index contributed by atoms with van der Waals surface area (Å²) in [6.07, 6.45) is 5.65. The van der Waals surface area contributed by atoms with E-state index < -0.39 is 5.97 Å². The van der Waals surface area contributed by atoms with Gasteiger partial charge in [-0.15, -0.1) is 0 Å². The van der Waals surface area contributed by atoms with E-state index in [0.29, 0.717) is 6.61 Å². The minimum Gasteiger partial charge on any atom is -0.488 e. The molecule has 2 aromatic rings. The first kappa shape index (κ1) is 18.5. The van der Waals surface area contributed by atoms with Crippen LogP contribution in [0.1, 0.15) is 36.1 Å². The van der Waals surface area contributed by atoms with Crippen molar-refractivity contribution in [1.29, 1.82) is 0 Å². The van der Waals surface area contributed by atoms with Gasteiger partial charge in [-0.1, -0.05) is 54.1 Å². The third-order valence-corrected chi connectivity index (χ3v) is 3.87. The maximum absolute atomic E-state index is 10.9. The molecule has 0 unspecified atom stereocenters. The van der Waals surface area contributed by atoms with Crippen molar-refractivity contribution in [3.8, 4) is 5.75 Å². The van der Waals surface area contributed by atoms with Gasteiger partial charge >= 0.3 is 5.97 Å². The van der Waals surface area contributed by atoms with E-state index in [1.165, 1.54) is 5.57 Å². The Morgan fingerprint density at radius 2 is 1.84 bits per heavy atom. The van der Waals surface area contributed by atoms with E-state index in [1.54, 1.807) is 6.08 Å². The van der Waals surface area contributed by atoms with E-state index in [1.807, 2.05) is 49.4 Å². The highest BCUT2D eigenvalue weighted by molar-refractivity contribution is 5.86. The second-order valence-corrected chi connectivity index (χ2v) is 6.21. The van der Waals surface area contributed by atoms with Gasteiger partial charge in [-0.25, -0.2) is 4.79 Å². The highest BCUT2D eigenvalue weighted by Gasteiger charge is 2.11. The molecule has 0 saturated carbocycles. The molecule has 0 aliphatic carbocycles. The summed E-state index contributed by atoms with van der Waals surface area (Å²) in [6.45, 7) is 6.62. The highest BCUT2D eigenvalue weighted by atomic mass is 16.5. The van der Waals surface area contributed by atoms with Crippen LogP contribution in [-0.4, -0.2) is 11.1 Å². The zero-order chi connectivity index (χ0) is 18.2. The Morgan fingerprint density at radius 3 is 2.48 bits per heavy atom. The smallest absolute Gasteiger partial charge is 0.328 e. The summed E-state index contributed by atoms with van der Waals surface area (Å²) in [7, 11) is 0. The molecule has 0 aliphatic heterocycles. The van der Waals surface area contributed by atoms with Crippen molar-refractivity contribution in [2.75, 3.05) is 0 Å². The normalized spacial score (nSPS) is 10.7. The van der Waals surface area contributed by atoms with Gasteiger partial charge < -0.3 is 9.84 Å². The molecule has 130 valence electrons. The average Bonchev–Trinajstić information content (AvgIpc) is 2.58. The molecule has 0 saturated heterocycles. The third kappa shape index (κ3) is 5.64. The number of carboxylic acids is 1. The van der Waals surface area contributed by atoms with Crippen molar-refractivity contribution < 1.29 is 14.6 Å². The number of benzene rings is 2. The van der Waals surface area contributed by atoms with E-state index >= 15 is 0 Å². The Labute approximate surface area is 149 Å². The second kappa shape index (κ2) is 8.88. The first-order chi connectivity index (χ1) is 12.0. The maximum Gasteiger partial charge on any atom is 0.328 e. The summed E-state index contributed by atoms with van der Waals surface area (Å²) in [5, 5.41) is 8.94. The minimum absolute atomic E-state index is 0.444. The van der Waals surface area contributed by atoms with Gasteiger partial charge in [-0.3, -0.25) is 0 Å². The summed E-state index contributed by atoms with van der Waals surface area (Å²) >= 11 is 0. The van der Waals surface area contributed by atoms with E-state index in [0.717, 1.165) is 40.5 Å². The number of aliphatic carboxylic acids is 1. The fraction of sp³-hybridized carbons (Fsp3) is 0.227. The molecule has 2 rings (SSSR count). The number of carbonyl (C=O) groups is 1. The summed E-state index contributed by atoms with van der Waals surface area (Å²) in [5.41, 5.74) is 5.31. The molecular formula is C22H24O3. The number of hydrogen-bond acceptors (Lipinski definition) is 2. The lowest BCUT2D eigenvalue weighted by atomic mass is 9.99. The lowest BCUT2D eigenvalue weighted by Crippen LogP contribution is -2.02. The topological polar surface area (TPSA) is 46.5 Å². The maximum atomic E-state index is 10.9. The second-order valence-electron chi connectivity index (χ2n) is 6.21. The van der Waals surface area contributed by atoms with Crippen molar-refractivity contribution >= 4 is 12.0 Å². The van der Waals surface area contributed by atoms with Crippen LogP contribution in [0, 0.1) is 6.92 Å². The SMILES string of the molecule is CC(C)=CCc1c(C)ccc(/C=C\C(=O)O)c1OCc1ccccc1. The first-order valence-corrected chi connectivity index (χ1v) is 8.31. The molecule has 0 spiro atoms. The van der Waals surface area contributed by atoms with Crippen LogP contribution in [0.25, 0.3) is 6.08 Å². The summed E-state index contributed by atoms with van der Waals surface area (Å²) in [6, 6.07) is 13.9. The molecule has 0 aliphatic rings. The Morgan fingerprint density at radius 1 is 1.12 bits per heavy atom. The summed E-state index contributed by atoms with van der Waals surface area (Å²) < 4.78 is 6.13. The quantitative estimate of drug-likeness (QED) is 0.560. The molecule has 2 aromatic carbocycles. The van der Waals surface area contributed by atoms with Gasteiger partial charge in [0.1, 0.15) is 12.4 Å². The lowest BCUT2D eigenvalue weighted by molar-refractivity contribution is -0.131. The first-order valence-electron chi connectivity index (χ1n) is 8.31. The van der Waals surface area contributed by atoms with Crippen LogP contribution in [0.2, 0.25) is 0 Å². The lowest BCUT2D eigenvalue weighted by Gasteiger charge is -2.16. The predicted octanol–water partition coefficient (Wildman–Crippen LogP) is 5.18. The molecule has 0 radical (unpaired) electrons. The monoisotopic (exact) mass is 336 g/mol. The molecule has 3 nitrogen and oxygen atoms in total. The molecule has 3 heteroatoms. The Bertz CT molecular complexity index is 782. The van der Waals surface area contributed by atoms with Crippen molar-refractivity contribution in [2.24, 2.45) is 0 Å². The molecule has 0 aromatic heterocycles. The fourth-order valence-corrected chi connectivity index (χ4v) is 2.50. The molecule has 0 heterocycles. The van der Waals surface area contributed by atoms with Crippen LogP contribution in [0.15, 0.2) is 60.2 Å². The Hall–Kier alpha value is -2.81. The van der Waals surface area contributed by atoms with E-state index in [4.69, 9.17) is 9.84 Å². The van der Waals surface area contributed by atoms with Crippen LogP contribution in [0.4, 0.5) is 0 Å². The summed E-state index contributed by atoms with van der Waals surface area (Å²) in [4.78, 5) is 10.9. The molecule has 0 bridgehead atoms. The molecule has 0 atom stereocenters. The number of allylic oxidation sites excluding steroid dienone is 2. The Balaban J connectivity index is 2.40. The molecule has 0 fully saturated rings. The van der Waals surface area contributed by atoms with Crippen LogP contribution >= 0.6 is 0 Å². The van der Waals surface area contributed by atoms with Gasteiger partial charge in [0, 0.05) is 17.2 Å². The van der Waals surface area contributed by atoms with Gasteiger partial charge in [0.2, 0.25) is 0 Å². The molecule has 25 heavy (non-hydrogen) atoms. The van der Waals surface area contributed by atoms with Crippen molar-refractivity contribution in [3.05, 3.63) is 82.4 Å². The van der Waals surface area contributed by atoms with Crippen LogP contribution in [-0.2, 0) is 17.8 Å². The van der Waals surface area contributed by atoms with E-state index in [2.05, 4.69) is 19.9 Å². The van der Waals surface area contributed by atoms with E-state index in [9.17, 15) is 4.79 Å². The zero-order valence-electron chi connectivity index (χ0n) is 15.0. The summed E-state index contributed by atoms with van der Waals surface area (Å²) in [5.74, 6) is -0.223. The largest absolute Gasteiger partial charge is 0.488 e. The van der Waals surface area contributed by atoms with Crippen molar-refractivity contribution in [2.45, 2.75) is 33.8 Å². The number of rotatable bonds is 7. The van der Waals surface area contributed by atoms with Crippen molar-refractivity contribution in [3.63, 3.8) is 0 Å². The van der Waals surface area contributed by atoms with Gasteiger partial charge in [-0.05, 0) is 44.4 Å². The molecular weight excluding hydrogens is 312 g/mol. The van der Waals surface area contributed by atoms with Gasteiger partial charge in [0.15, 0.2) is 0 Å². The van der Waals surface area contributed by atoms with Crippen LogP contribution in [0.5, 0.6) is 5.75 Å².